The van der Waals surface area contributed by atoms with Gasteiger partial charge in [-0.15, -0.1) is 0 Å². The van der Waals surface area contributed by atoms with E-state index in [1.54, 1.807) is 0 Å². The van der Waals surface area contributed by atoms with Crippen LogP contribution in [-0.2, 0) is 29.6 Å². The van der Waals surface area contributed by atoms with Gasteiger partial charge in [-0.2, -0.15) is 0 Å². The number of benzene rings is 1. The van der Waals surface area contributed by atoms with Crippen molar-refractivity contribution in [2.75, 3.05) is 24.5 Å². The number of nitrogens with zero attached hydrogens (tertiary/aromatic N) is 3. The van der Waals surface area contributed by atoms with Crippen molar-refractivity contribution in [3.05, 3.63) is 47.0 Å². The van der Waals surface area contributed by atoms with Gasteiger partial charge in [0.25, 0.3) is 0 Å². The predicted octanol–water partition coefficient (Wildman–Crippen LogP) is 3.04. The highest BCUT2D eigenvalue weighted by molar-refractivity contribution is 6.09. The molecule has 1 aliphatic carbocycles. The summed E-state index contributed by atoms with van der Waals surface area (Å²) in [6.07, 6.45) is 4.60. The number of aromatic amines is 1. The number of imidazole rings is 1. The number of likely N-dealkylation sites (tertiary alicyclic amines) is 1. The molecule has 5 nitrogen and oxygen atoms in total. The number of hydrogen-bond acceptors (Lipinski definition) is 3. The molecule has 0 atom stereocenters. The highest BCUT2D eigenvalue weighted by Gasteiger charge is 2.57. The molecule has 1 spiro atoms. The van der Waals surface area contributed by atoms with Crippen LogP contribution in [0.25, 0.3) is 0 Å². The average molecular weight is 364 g/mol. The van der Waals surface area contributed by atoms with Crippen molar-refractivity contribution in [2.24, 2.45) is 5.92 Å². The maximum absolute atomic E-state index is 13.5. The molecule has 5 heteroatoms. The van der Waals surface area contributed by atoms with Crippen LogP contribution in [0.1, 0.15) is 49.5 Å². The second kappa shape index (κ2) is 6.20. The van der Waals surface area contributed by atoms with Crippen LogP contribution >= 0.6 is 0 Å². The first-order chi connectivity index (χ1) is 13.1. The fourth-order valence-corrected chi connectivity index (χ4v) is 5.16. The van der Waals surface area contributed by atoms with Crippen LogP contribution < -0.4 is 4.90 Å². The van der Waals surface area contributed by atoms with Crippen LogP contribution in [0.3, 0.4) is 0 Å². The summed E-state index contributed by atoms with van der Waals surface area (Å²) in [5, 5.41) is 0. The highest BCUT2D eigenvalue weighted by Crippen LogP contribution is 2.47. The number of hydrogen-bond donors (Lipinski definition) is 1. The summed E-state index contributed by atoms with van der Waals surface area (Å²) in [5.41, 5.74) is 4.40. The first-order valence-electron chi connectivity index (χ1n) is 10.3. The van der Waals surface area contributed by atoms with Crippen molar-refractivity contribution < 1.29 is 4.79 Å². The van der Waals surface area contributed by atoms with Gasteiger partial charge in [0.1, 0.15) is 11.2 Å². The van der Waals surface area contributed by atoms with Crippen LogP contribution in [0, 0.1) is 5.92 Å². The van der Waals surface area contributed by atoms with Gasteiger partial charge in [0.05, 0.1) is 12.2 Å². The van der Waals surface area contributed by atoms with Crippen LogP contribution in [0.5, 0.6) is 0 Å². The normalized spacial score (nSPS) is 20.9. The van der Waals surface area contributed by atoms with Gasteiger partial charge in [0.2, 0.25) is 5.91 Å². The zero-order valence-electron chi connectivity index (χ0n) is 16.3. The molecule has 2 aliphatic heterocycles. The highest BCUT2D eigenvalue weighted by atomic mass is 16.2. The fraction of sp³-hybridized carbons (Fsp3) is 0.545. The predicted molar refractivity (Wildman–Crippen MR) is 106 cm³/mol. The van der Waals surface area contributed by atoms with E-state index in [2.05, 4.69) is 41.9 Å². The Bertz CT molecular complexity index is 855. The molecular formula is C22H28N4O. The zero-order chi connectivity index (χ0) is 18.6. The molecule has 2 aromatic rings. The third-order valence-electron chi connectivity index (χ3n) is 6.29. The van der Waals surface area contributed by atoms with E-state index in [-0.39, 0.29) is 11.3 Å². The van der Waals surface area contributed by atoms with Gasteiger partial charge in [-0.1, -0.05) is 32.0 Å². The third-order valence-corrected chi connectivity index (χ3v) is 6.29. The van der Waals surface area contributed by atoms with E-state index < -0.39 is 0 Å². The van der Waals surface area contributed by atoms with E-state index in [9.17, 15) is 4.79 Å². The number of aromatic nitrogens is 2. The summed E-state index contributed by atoms with van der Waals surface area (Å²) < 4.78 is 0. The molecule has 3 heterocycles. The summed E-state index contributed by atoms with van der Waals surface area (Å²) in [6, 6.07) is 8.34. The lowest BCUT2D eigenvalue weighted by atomic mass is 9.74. The summed E-state index contributed by atoms with van der Waals surface area (Å²) in [5.74, 6) is 1.80. The van der Waals surface area contributed by atoms with E-state index in [1.807, 2.05) is 11.0 Å². The number of anilines is 1. The van der Waals surface area contributed by atoms with Crippen molar-refractivity contribution in [2.45, 2.75) is 51.5 Å². The van der Waals surface area contributed by atoms with Gasteiger partial charge in [-0.25, -0.2) is 4.98 Å². The lowest BCUT2D eigenvalue weighted by Gasteiger charge is -2.47. The number of aryl methyl sites for hydroxylation is 2. The third kappa shape index (κ3) is 2.63. The van der Waals surface area contributed by atoms with Crippen molar-refractivity contribution in [3.8, 4) is 0 Å². The molecule has 1 N–H and O–H groups in total. The van der Waals surface area contributed by atoms with Gasteiger partial charge in [0.15, 0.2) is 0 Å². The largest absolute Gasteiger partial charge is 0.344 e. The van der Waals surface area contributed by atoms with Crippen molar-refractivity contribution in [1.29, 1.82) is 0 Å². The molecule has 27 heavy (non-hydrogen) atoms. The number of para-hydroxylation sites is 1. The summed E-state index contributed by atoms with van der Waals surface area (Å²) in [4.78, 5) is 26.2. The number of H-pyrrole nitrogens is 1. The van der Waals surface area contributed by atoms with Crippen LogP contribution in [0.15, 0.2) is 24.3 Å². The maximum Gasteiger partial charge on any atom is 0.240 e. The molecule has 3 aliphatic rings. The molecule has 0 saturated carbocycles. The van der Waals surface area contributed by atoms with Gasteiger partial charge in [0, 0.05) is 31.0 Å². The smallest absolute Gasteiger partial charge is 0.240 e. The number of carbonyl (C=O) groups is 1. The second-order valence-electron chi connectivity index (χ2n) is 8.87. The lowest BCUT2D eigenvalue weighted by Crippen LogP contribution is -2.64. The molecular weight excluding hydrogens is 336 g/mol. The van der Waals surface area contributed by atoms with Gasteiger partial charge in [-0.05, 0) is 43.2 Å². The van der Waals surface area contributed by atoms with Gasteiger partial charge in [-0.3, -0.25) is 4.79 Å². The van der Waals surface area contributed by atoms with E-state index in [0.29, 0.717) is 12.5 Å². The number of carbonyl (C=O) groups excluding carboxylic acids is 1. The SMILES string of the molecule is CC(C)CN1CC2(C1)C(=O)N(Cc1nc3c([nH]1)CCCC3)c1ccccc12. The molecule has 5 rings (SSSR count). The Kier molecular flexibility index (Phi) is 3.90. The van der Waals surface area contributed by atoms with E-state index in [4.69, 9.17) is 4.98 Å². The van der Waals surface area contributed by atoms with E-state index in [1.165, 1.54) is 29.8 Å². The number of fused-ring (bicyclic) bond motifs is 3. The molecule has 1 fully saturated rings. The Hall–Kier alpha value is -2.14. The Labute approximate surface area is 160 Å². The summed E-state index contributed by atoms with van der Waals surface area (Å²) in [7, 11) is 0. The molecule has 1 aromatic heterocycles. The van der Waals surface area contributed by atoms with Crippen LogP contribution in [0.2, 0.25) is 0 Å². The number of nitrogens with one attached hydrogen (secondary N) is 1. The topological polar surface area (TPSA) is 52.2 Å². The number of rotatable bonds is 4. The maximum atomic E-state index is 13.5. The molecule has 1 aromatic carbocycles. The van der Waals surface area contributed by atoms with Crippen molar-refractivity contribution in [3.63, 3.8) is 0 Å². The standard InChI is InChI=1S/C22H28N4O/c1-15(2)11-25-13-22(14-25)16-7-3-6-10-19(16)26(21(22)27)12-20-23-17-8-4-5-9-18(17)24-20/h3,6-7,10,15H,4-5,8-9,11-14H2,1-2H3,(H,23,24). The minimum atomic E-state index is -0.350. The van der Waals surface area contributed by atoms with E-state index in [0.717, 1.165) is 44.0 Å². The minimum Gasteiger partial charge on any atom is -0.344 e. The fourth-order valence-electron chi connectivity index (χ4n) is 5.16. The average Bonchev–Trinajstić information content (AvgIpc) is 3.13. The van der Waals surface area contributed by atoms with Crippen molar-refractivity contribution >= 4 is 11.6 Å². The monoisotopic (exact) mass is 364 g/mol. The molecule has 1 amide bonds. The molecule has 1 saturated heterocycles. The quantitative estimate of drug-likeness (QED) is 0.907. The van der Waals surface area contributed by atoms with Crippen LogP contribution in [0.4, 0.5) is 5.69 Å². The van der Waals surface area contributed by atoms with Crippen molar-refractivity contribution in [1.82, 2.24) is 14.9 Å². The Morgan fingerprint density at radius 2 is 1.96 bits per heavy atom. The minimum absolute atomic E-state index is 0.248. The Morgan fingerprint density at radius 3 is 2.74 bits per heavy atom. The molecule has 142 valence electrons. The summed E-state index contributed by atoms with van der Waals surface area (Å²) in [6.45, 7) is 7.76. The first kappa shape index (κ1) is 17.0. The molecule has 0 unspecified atom stereocenters. The lowest BCUT2D eigenvalue weighted by molar-refractivity contribution is -0.129. The molecule has 0 radical (unpaired) electrons. The zero-order valence-corrected chi connectivity index (χ0v) is 16.3. The van der Waals surface area contributed by atoms with Crippen LogP contribution in [-0.4, -0.2) is 40.4 Å². The molecule has 0 bridgehead atoms. The first-order valence-corrected chi connectivity index (χ1v) is 10.3. The van der Waals surface area contributed by atoms with Gasteiger partial charge >= 0.3 is 0 Å². The van der Waals surface area contributed by atoms with Gasteiger partial charge < -0.3 is 14.8 Å². The Balaban J connectivity index is 1.42. The summed E-state index contributed by atoms with van der Waals surface area (Å²) >= 11 is 0. The number of amides is 1. The second-order valence-corrected chi connectivity index (χ2v) is 8.87. The Morgan fingerprint density at radius 1 is 1.19 bits per heavy atom. The van der Waals surface area contributed by atoms with E-state index >= 15 is 0 Å².